The lowest BCUT2D eigenvalue weighted by molar-refractivity contribution is 1.04. The molecule has 1 N–H and O–H groups in total. The molecule has 0 amide bonds. The summed E-state index contributed by atoms with van der Waals surface area (Å²) in [6.07, 6.45) is 1.75. The van der Waals surface area contributed by atoms with E-state index in [1.54, 1.807) is 12.3 Å². The summed E-state index contributed by atoms with van der Waals surface area (Å²) in [6, 6.07) is 19.6. The van der Waals surface area contributed by atoms with Gasteiger partial charge in [-0.05, 0) is 17.7 Å². The fourth-order valence-electron chi connectivity index (χ4n) is 2.30. The lowest BCUT2D eigenvalue weighted by atomic mass is 10.1. The zero-order chi connectivity index (χ0) is 17.6. The van der Waals surface area contributed by atoms with Gasteiger partial charge in [-0.2, -0.15) is 5.10 Å². The van der Waals surface area contributed by atoms with Gasteiger partial charge < -0.3 is 4.90 Å². The normalized spacial score (nSPS) is 10.8. The maximum Gasteiger partial charge on any atom is 0.153 e. The number of hydrogen-bond acceptors (Lipinski definition) is 5. The van der Waals surface area contributed by atoms with Crippen LogP contribution in [0, 0.1) is 0 Å². The van der Waals surface area contributed by atoms with Crippen molar-refractivity contribution in [1.29, 1.82) is 0 Å². The van der Waals surface area contributed by atoms with E-state index in [0.717, 1.165) is 16.8 Å². The van der Waals surface area contributed by atoms with Crippen LogP contribution >= 0.6 is 11.6 Å². The molecule has 3 rings (SSSR count). The molecule has 0 spiro atoms. The first-order chi connectivity index (χ1) is 12.1. The largest absolute Gasteiger partial charge is 0.378 e. The van der Waals surface area contributed by atoms with Gasteiger partial charge in [-0.25, -0.2) is 0 Å². The van der Waals surface area contributed by atoms with E-state index in [9.17, 15) is 0 Å². The summed E-state index contributed by atoms with van der Waals surface area (Å²) in [7, 11) is 4.02. The molecule has 0 unspecified atom stereocenters. The minimum absolute atomic E-state index is 0.313. The van der Waals surface area contributed by atoms with Crippen LogP contribution < -0.4 is 10.3 Å². The Bertz CT molecular complexity index is 861. The Morgan fingerprint density at radius 3 is 2.40 bits per heavy atom. The smallest absolute Gasteiger partial charge is 0.153 e. The fourth-order valence-corrected chi connectivity index (χ4v) is 2.44. The van der Waals surface area contributed by atoms with Crippen molar-refractivity contribution in [3.63, 3.8) is 0 Å². The molecule has 0 saturated heterocycles. The average Bonchev–Trinajstić information content (AvgIpc) is 2.63. The number of rotatable bonds is 5. The second-order valence-electron chi connectivity index (χ2n) is 5.65. The van der Waals surface area contributed by atoms with Crippen LogP contribution in [0.4, 0.5) is 11.4 Å². The summed E-state index contributed by atoms with van der Waals surface area (Å²) in [6.45, 7) is 0. The number of hydrazone groups is 1. The minimum atomic E-state index is 0.313. The Balaban J connectivity index is 1.80. The first-order valence-corrected chi connectivity index (χ1v) is 8.16. The number of anilines is 2. The summed E-state index contributed by atoms with van der Waals surface area (Å²) in [5.41, 5.74) is 7.49. The molecule has 6 heteroatoms. The highest BCUT2D eigenvalue weighted by molar-refractivity contribution is 6.29. The third-order valence-corrected chi connectivity index (χ3v) is 3.80. The Hall–Kier alpha value is -2.92. The molecule has 0 fully saturated rings. The van der Waals surface area contributed by atoms with E-state index >= 15 is 0 Å². The average molecular weight is 352 g/mol. The Morgan fingerprint density at radius 1 is 1.00 bits per heavy atom. The van der Waals surface area contributed by atoms with Gasteiger partial charge in [-0.3, -0.25) is 5.43 Å². The fraction of sp³-hybridized carbons (Fsp3) is 0.105. The van der Waals surface area contributed by atoms with Crippen molar-refractivity contribution >= 4 is 29.2 Å². The molecule has 126 valence electrons. The van der Waals surface area contributed by atoms with Crippen LogP contribution in [0.5, 0.6) is 0 Å². The van der Waals surface area contributed by atoms with Crippen LogP contribution in [0.1, 0.15) is 5.56 Å². The molecular formula is C19H18ClN5. The van der Waals surface area contributed by atoms with Gasteiger partial charge in [0, 0.05) is 31.4 Å². The van der Waals surface area contributed by atoms with Crippen molar-refractivity contribution < 1.29 is 0 Å². The van der Waals surface area contributed by atoms with Gasteiger partial charge in [0.25, 0.3) is 0 Å². The highest BCUT2D eigenvalue weighted by Crippen LogP contribution is 2.26. The number of hydrogen-bond donors (Lipinski definition) is 1. The van der Waals surface area contributed by atoms with Gasteiger partial charge in [0.05, 0.1) is 11.9 Å². The predicted octanol–water partition coefficient (Wildman–Crippen LogP) is 4.31. The lowest BCUT2D eigenvalue weighted by Gasteiger charge is -2.11. The van der Waals surface area contributed by atoms with E-state index in [1.165, 1.54) is 0 Å². The standard InChI is InChI=1S/C19H18ClN5/c1-25(2)16-10-8-14(9-11-16)13-21-22-17-12-18(20)23-24-19(17)15-6-4-3-5-7-15/h3-13H,1-2H3,(H,22,23)/b21-13+. The van der Waals surface area contributed by atoms with Crippen molar-refractivity contribution in [3.8, 4) is 11.3 Å². The van der Waals surface area contributed by atoms with Gasteiger partial charge in [0.1, 0.15) is 5.69 Å². The topological polar surface area (TPSA) is 53.4 Å². The molecule has 0 aliphatic carbocycles. The van der Waals surface area contributed by atoms with Crippen molar-refractivity contribution in [2.75, 3.05) is 24.4 Å². The predicted molar refractivity (Wildman–Crippen MR) is 104 cm³/mol. The van der Waals surface area contributed by atoms with E-state index in [2.05, 4.69) is 25.6 Å². The van der Waals surface area contributed by atoms with E-state index < -0.39 is 0 Å². The van der Waals surface area contributed by atoms with Crippen molar-refractivity contribution in [1.82, 2.24) is 10.2 Å². The molecule has 1 heterocycles. The summed E-state index contributed by atoms with van der Waals surface area (Å²) in [5.74, 6) is 0. The lowest BCUT2D eigenvalue weighted by Crippen LogP contribution is -2.08. The molecule has 5 nitrogen and oxygen atoms in total. The Morgan fingerprint density at radius 2 is 1.72 bits per heavy atom. The van der Waals surface area contributed by atoms with Crippen molar-refractivity contribution in [3.05, 3.63) is 71.4 Å². The third-order valence-electron chi connectivity index (χ3n) is 3.62. The molecule has 0 bridgehead atoms. The van der Waals surface area contributed by atoms with Crippen molar-refractivity contribution in [2.24, 2.45) is 5.10 Å². The van der Waals surface area contributed by atoms with Gasteiger partial charge in [0.15, 0.2) is 5.15 Å². The highest BCUT2D eigenvalue weighted by Gasteiger charge is 2.08. The molecule has 0 radical (unpaired) electrons. The van der Waals surface area contributed by atoms with Gasteiger partial charge in [0.2, 0.25) is 0 Å². The third kappa shape index (κ3) is 4.33. The molecule has 0 saturated carbocycles. The van der Waals surface area contributed by atoms with Crippen LogP contribution in [0.15, 0.2) is 65.8 Å². The first kappa shape index (κ1) is 16.9. The van der Waals surface area contributed by atoms with Gasteiger partial charge in [-0.1, -0.05) is 54.1 Å². The van der Waals surface area contributed by atoms with Crippen LogP contribution in [0.25, 0.3) is 11.3 Å². The number of nitrogens with zero attached hydrogens (tertiary/aromatic N) is 4. The van der Waals surface area contributed by atoms with Crippen LogP contribution in [0.2, 0.25) is 5.15 Å². The number of nitrogens with one attached hydrogen (secondary N) is 1. The summed E-state index contributed by atoms with van der Waals surface area (Å²) >= 11 is 5.98. The molecule has 0 aliphatic heterocycles. The molecule has 1 aromatic heterocycles. The maximum absolute atomic E-state index is 5.98. The SMILES string of the molecule is CN(C)c1ccc(/C=N/Nc2cc(Cl)nnc2-c2ccccc2)cc1. The monoisotopic (exact) mass is 351 g/mol. The van der Waals surface area contributed by atoms with Crippen molar-refractivity contribution in [2.45, 2.75) is 0 Å². The number of halogens is 1. The van der Waals surface area contributed by atoms with E-state index in [-0.39, 0.29) is 0 Å². The summed E-state index contributed by atoms with van der Waals surface area (Å²) in [5, 5.41) is 12.7. The highest BCUT2D eigenvalue weighted by atomic mass is 35.5. The van der Waals surface area contributed by atoms with Crippen LogP contribution in [-0.4, -0.2) is 30.5 Å². The van der Waals surface area contributed by atoms with E-state index in [0.29, 0.717) is 16.5 Å². The molecule has 25 heavy (non-hydrogen) atoms. The Labute approximate surface area is 152 Å². The first-order valence-electron chi connectivity index (χ1n) is 7.78. The summed E-state index contributed by atoms with van der Waals surface area (Å²) in [4.78, 5) is 2.05. The quantitative estimate of drug-likeness (QED) is 0.549. The molecular weight excluding hydrogens is 334 g/mol. The minimum Gasteiger partial charge on any atom is -0.378 e. The van der Waals surface area contributed by atoms with Gasteiger partial charge >= 0.3 is 0 Å². The number of aromatic nitrogens is 2. The second kappa shape index (κ2) is 7.77. The van der Waals surface area contributed by atoms with Crippen LogP contribution in [0.3, 0.4) is 0 Å². The Kier molecular flexibility index (Phi) is 5.26. The molecule has 2 aromatic carbocycles. The number of benzene rings is 2. The summed E-state index contributed by atoms with van der Waals surface area (Å²) < 4.78 is 0. The van der Waals surface area contributed by atoms with E-state index in [4.69, 9.17) is 11.6 Å². The van der Waals surface area contributed by atoms with Crippen LogP contribution in [-0.2, 0) is 0 Å². The zero-order valence-corrected chi connectivity index (χ0v) is 14.8. The molecule has 0 aliphatic rings. The maximum atomic E-state index is 5.98. The zero-order valence-electron chi connectivity index (χ0n) is 14.0. The second-order valence-corrected chi connectivity index (χ2v) is 6.04. The van der Waals surface area contributed by atoms with E-state index in [1.807, 2.05) is 68.7 Å². The molecule has 3 aromatic rings. The molecule has 0 atom stereocenters. The van der Waals surface area contributed by atoms with Gasteiger partial charge in [-0.15, -0.1) is 10.2 Å².